The van der Waals surface area contributed by atoms with Crippen molar-refractivity contribution in [1.29, 1.82) is 0 Å². The number of rotatable bonds is 4. The van der Waals surface area contributed by atoms with Crippen LogP contribution in [0.5, 0.6) is 17.2 Å². The zero-order valence-electron chi connectivity index (χ0n) is 14.5. The third-order valence-electron chi connectivity index (χ3n) is 2.47. The number of benzene rings is 2. The minimum atomic E-state index is -4.72. The van der Waals surface area contributed by atoms with Crippen LogP contribution in [0.2, 0.25) is 5.02 Å². The molecule has 0 amide bonds. The monoisotopic (exact) mass is 378 g/mol. The first-order valence-corrected chi connectivity index (χ1v) is 8.17. The lowest BCUT2D eigenvalue weighted by molar-refractivity contribution is -0.274. The summed E-state index contributed by atoms with van der Waals surface area (Å²) in [6, 6.07) is 9.51. The maximum absolute atomic E-state index is 12.0. The molecule has 0 radical (unpaired) electrons. The molecule has 0 heterocycles. The normalized spacial score (nSPS) is 9.92. The van der Waals surface area contributed by atoms with E-state index in [-0.39, 0.29) is 23.9 Å². The van der Waals surface area contributed by atoms with Gasteiger partial charge in [0, 0.05) is 6.07 Å². The molecule has 2 rings (SSSR count). The van der Waals surface area contributed by atoms with E-state index >= 15 is 0 Å². The number of halogens is 4. The van der Waals surface area contributed by atoms with Crippen LogP contribution in [0.3, 0.4) is 0 Å². The minimum Gasteiger partial charge on any atom is -0.508 e. The smallest absolute Gasteiger partial charge is 0.508 e. The summed E-state index contributed by atoms with van der Waals surface area (Å²) in [5.74, 6) is -0.0164. The molecule has 2 aromatic rings. The number of aromatic hydroxyl groups is 1. The van der Waals surface area contributed by atoms with Gasteiger partial charge < -0.3 is 14.6 Å². The lowest BCUT2D eigenvalue weighted by Crippen LogP contribution is -2.17. The highest BCUT2D eigenvalue weighted by Crippen LogP contribution is 2.29. The standard InChI is InChI=1S/C14H10ClF3O3.2C2H6/c15-12-6-3-10(19)7-13(12)20-8-9-1-4-11(5-2-9)21-14(16,17)18;2*1-2/h1-7,19H,8H2;2*1-2H3. The van der Waals surface area contributed by atoms with E-state index < -0.39 is 6.36 Å². The van der Waals surface area contributed by atoms with Gasteiger partial charge in [0.15, 0.2) is 0 Å². The van der Waals surface area contributed by atoms with Gasteiger partial charge in [0.25, 0.3) is 0 Å². The molecule has 7 heteroatoms. The summed E-state index contributed by atoms with van der Waals surface area (Å²) >= 11 is 5.88. The Morgan fingerprint density at radius 3 is 2.04 bits per heavy atom. The first-order valence-electron chi connectivity index (χ1n) is 7.79. The molecule has 1 N–H and O–H groups in total. The van der Waals surface area contributed by atoms with E-state index in [9.17, 15) is 18.3 Å². The number of phenols is 1. The molecule has 0 saturated carbocycles. The Bertz CT molecular complexity index is 614. The summed E-state index contributed by atoms with van der Waals surface area (Å²) < 4.78 is 45.2. The Balaban J connectivity index is 0.00000134. The van der Waals surface area contributed by atoms with Crippen molar-refractivity contribution in [1.82, 2.24) is 0 Å². The van der Waals surface area contributed by atoms with Crippen LogP contribution in [0.4, 0.5) is 13.2 Å². The average Bonchev–Trinajstić information content (AvgIpc) is 2.59. The van der Waals surface area contributed by atoms with Gasteiger partial charge in [-0.1, -0.05) is 51.4 Å². The molecule has 0 aromatic heterocycles. The molecule has 0 aliphatic carbocycles. The molecule has 25 heavy (non-hydrogen) atoms. The van der Waals surface area contributed by atoms with Crippen molar-refractivity contribution in [2.75, 3.05) is 0 Å². The second kappa shape index (κ2) is 11.5. The van der Waals surface area contributed by atoms with Gasteiger partial charge in [-0.3, -0.25) is 0 Å². The van der Waals surface area contributed by atoms with Crippen molar-refractivity contribution >= 4 is 11.6 Å². The highest BCUT2D eigenvalue weighted by molar-refractivity contribution is 6.32. The largest absolute Gasteiger partial charge is 0.573 e. The predicted molar refractivity (Wildman–Crippen MR) is 93.3 cm³/mol. The van der Waals surface area contributed by atoms with Crippen LogP contribution in [0.25, 0.3) is 0 Å². The summed E-state index contributed by atoms with van der Waals surface area (Å²) in [7, 11) is 0. The van der Waals surface area contributed by atoms with E-state index in [1.165, 1.54) is 42.5 Å². The highest BCUT2D eigenvalue weighted by Gasteiger charge is 2.30. The molecule has 0 spiro atoms. The molecule has 0 atom stereocenters. The lowest BCUT2D eigenvalue weighted by Gasteiger charge is -2.10. The first-order chi connectivity index (χ1) is 11.8. The molecule has 0 aliphatic rings. The predicted octanol–water partition coefficient (Wildman–Crippen LogP) is 6.58. The third-order valence-corrected chi connectivity index (χ3v) is 2.78. The summed E-state index contributed by atoms with van der Waals surface area (Å²) in [5, 5.41) is 9.64. The minimum absolute atomic E-state index is 0.00308. The van der Waals surface area contributed by atoms with Crippen LogP contribution in [-0.4, -0.2) is 11.5 Å². The number of ether oxygens (including phenoxy) is 2. The van der Waals surface area contributed by atoms with Gasteiger partial charge in [-0.15, -0.1) is 13.2 Å². The van der Waals surface area contributed by atoms with Crippen molar-refractivity contribution < 1.29 is 27.8 Å². The van der Waals surface area contributed by atoms with E-state index in [0.717, 1.165) is 0 Å². The van der Waals surface area contributed by atoms with Gasteiger partial charge in [0.2, 0.25) is 0 Å². The molecule has 140 valence electrons. The molecule has 0 unspecified atom stereocenters. The summed E-state index contributed by atoms with van der Waals surface area (Å²) in [6.07, 6.45) is -4.72. The Hall–Kier alpha value is -2.08. The zero-order chi connectivity index (χ0) is 19.5. The van der Waals surface area contributed by atoms with Gasteiger partial charge in [0.1, 0.15) is 23.9 Å². The van der Waals surface area contributed by atoms with E-state index in [2.05, 4.69) is 4.74 Å². The third kappa shape index (κ3) is 9.10. The fourth-order valence-electron chi connectivity index (χ4n) is 1.55. The van der Waals surface area contributed by atoms with E-state index in [1.54, 1.807) is 0 Å². The SMILES string of the molecule is CC.CC.Oc1ccc(Cl)c(OCc2ccc(OC(F)(F)F)cc2)c1. The maximum atomic E-state index is 12.0. The van der Waals surface area contributed by atoms with Gasteiger partial charge in [-0.25, -0.2) is 0 Å². The van der Waals surface area contributed by atoms with Crippen LogP contribution in [0, 0.1) is 0 Å². The molecule has 3 nitrogen and oxygen atoms in total. The summed E-state index contributed by atoms with van der Waals surface area (Å²) in [5.41, 5.74) is 0.629. The fraction of sp³-hybridized carbons (Fsp3) is 0.333. The Morgan fingerprint density at radius 1 is 0.960 bits per heavy atom. The molecular weight excluding hydrogens is 357 g/mol. The highest BCUT2D eigenvalue weighted by atomic mass is 35.5. The van der Waals surface area contributed by atoms with Crippen molar-refractivity contribution in [3.05, 3.63) is 53.1 Å². The second-order valence-corrected chi connectivity index (χ2v) is 4.50. The van der Waals surface area contributed by atoms with Crippen LogP contribution in [0.1, 0.15) is 33.3 Å². The molecule has 0 saturated heterocycles. The van der Waals surface area contributed by atoms with E-state index in [0.29, 0.717) is 10.6 Å². The van der Waals surface area contributed by atoms with Crippen LogP contribution < -0.4 is 9.47 Å². The van der Waals surface area contributed by atoms with Crippen molar-refractivity contribution in [3.8, 4) is 17.2 Å². The summed E-state index contributed by atoms with van der Waals surface area (Å²) in [4.78, 5) is 0. The first kappa shape index (κ1) is 22.9. The van der Waals surface area contributed by atoms with Gasteiger partial charge in [-0.05, 0) is 29.8 Å². The zero-order valence-corrected chi connectivity index (χ0v) is 15.3. The number of hydrogen-bond donors (Lipinski definition) is 1. The van der Waals surface area contributed by atoms with Crippen molar-refractivity contribution in [2.45, 2.75) is 40.7 Å². The Morgan fingerprint density at radius 2 is 1.52 bits per heavy atom. The molecule has 2 aromatic carbocycles. The molecule has 0 bridgehead atoms. The molecule has 0 fully saturated rings. The van der Waals surface area contributed by atoms with Crippen LogP contribution in [0.15, 0.2) is 42.5 Å². The molecular formula is C18H22ClF3O3. The van der Waals surface area contributed by atoms with Crippen molar-refractivity contribution in [3.63, 3.8) is 0 Å². The summed E-state index contributed by atoms with van der Waals surface area (Å²) in [6.45, 7) is 8.09. The fourth-order valence-corrected chi connectivity index (χ4v) is 1.72. The quantitative estimate of drug-likeness (QED) is 0.653. The Labute approximate surface area is 151 Å². The van der Waals surface area contributed by atoms with Gasteiger partial charge in [-0.2, -0.15) is 0 Å². The number of alkyl halides is 3. The Kier molecular flexibility index (Phi) is 10.5. The number of phenolic OH excluding ortho intramolecular Hbond substituents is 1. The second-order valence-electron chi connectivity index (χ2n) is 4.10. The average molecular weight is 379 g/mol. The van der Waals surface area contributed by atoms with Crippen LogP contribution in [-0.2, 0) is 6.61 Å². The van der Waals surface area contributed by atoms with Gasteiger partial charge in [0.05, 0.1) is 5.02 Å². The van der Waals surface area contributed by atoms with Crippen molar-refractivity contribution in [2.24, 2.45) is 0 Å². The van der Waals surface area contributed by atoms with E-state index in [1.807, 2.05) is 27.7 Å². The molecule has 0 aliphatic heterocycles. The lowest BCUT2D eigenvalue weighted by atomic mass is 10.2. The maximum Gasteiger partial charge on any atom is 0.573 e. The van der Waals surface area contributed by atoms with Gasteiger partial charge >= 0.3 is 6.36 Å². The van der Waals surface area contributed by atoms with E-state index in [4.69, 9.17) is 16.3 Å². The number of hydrogen-bond acceptors (Lipinski definition) is 3. The van der Waals surface area contributed by atoms with Crippen LogP contribution >= 0.6 is 11.6 Å². The topological polar surface area (TPSA) is 38.7 Å².